The Morgan fingerprint density at radius 1 is 1.21 bits per heavy atom. The molecule has 1 N–H and O–H groups in total. The summed E-state index contributed by atoms with van der Waals surface area (Å²) in [7, 11) is 0. The van der Waals surface area contributed by atoms with Gasteiger partial charge in [-0.1, -0.05) is 24.6 Å². The number of likely N-dealkylation sites (tertiary alicyclic amines) is 1. The summed E-state index contributed by atoms with van der Waals surface area (Å²) in [6.45, 7) is 12.8. The minimum atomic E-state index is -0.367. The quantitative estimate of drug-likeness (QED) is 0.901. The lowest BCUT2D eigenvalue weighted by Gasteiger charge is -2.26. The lowest BCUT2D eigenvalue weighted by atomic mass is 9.95. The molecule has 1 aromatic rings. The number of aliphatic hydroxyl groups is 1. The molecule has 3 atom stereocenters. The number of nitrogens with zero attached hydrogens (tertiary/aromatic N) is 1. The molecule has 2 rings (SSSR count). The average molecular weight is 261 g/mol. The van der Waals surface area contributed by atoms with Gasteiger partial charge in [0.1, 0.15) is 0 Å². The van der Waals surface area contributed by atoms with Crippen LogP contribution in [0.3, 0.4) is 0 Å². The minimum Gasteiger partial charge on any atom is -0.387 e. The summed E-state index contributed by atoms with van der Waals surface area (Å²) < 4.78 is 0. The van der Waals surface area contributed by atoms with Crippen LogP contribution in [0, 0.1) is 26.7 Å². The van der Waals surface area contributed by atoms with Crippen molar-refractivity contribution in [3.05, 3.63) is 34.4 Å². The Morgan fingerprint density at radius 3 is 2.26 bits per heavy atom. The van der Waals surface area contributed by atoms with Crippen LogP contribution >= 0.6 is 0 Å². The van der Waals surface area contributed by atoms with Gasteiger partial charge in [-0.15, -0.1) is 0 Å². The first-order chi connectivity index (χ1) is 8.88. The van der Waals surface area contributed by atoms with E-state index in [1.165, 1.54) is 23.1 Å². The smallest absolute Gasteiger partial charge is 0.0922 e. The monoisotopic (exact) mass is 261 g/mol. The third-order valence-corrected chi connectivity index (χ3v) is 4.39. The molecule has 1 heterocycles. The highest BCUT2D eigenvalue weighted by molar-refractivity contribution is 5.39. The van der Waals surface area contributed by atoms with Crippen LogP contribution in [0.1, 0.15) is 48.6 Å². The summed E-state index contributed by atoms with van der Waals surface area (Å²) in [5.41, 5.74) is 4.82. The highest BCUT2D eigenvalue weighted by Gasteiger charge is 2.28. The van der Waals surface area contributed by atoms with Gasteiger partial charge in [-0.2, -0.15) is 0 Å². The number of rotatable bonds is 3. The van der Waals surface area contributed by atoms with Gasteiger partial charge in [-0.3, -0.25) is 4.90 Å². The Hall–Kier alpha value is -0.860. The summed E-state index contributed by atoms with van der Waals surface area (Å²) >= 11 is 0. The lowest BCUT2D eigenvalue weighted by molar-refractivity contribution is 0.108. The zero-order valence-electron chi connectivity index (χ0n) is 12.9. The highest BCUT2D eigenvalue weighted by atomic mass is 16.3. The molecule has 1 saturated heterocycles. The topological polar surface area (TPSA) is 23.5 Å². The minimum absolute atomic E-state index is 0.367. The summed E-state index contributed by atoms with van der Waals surface area (Å²) in [6, 6.07) is 4.93. The Bertz CT molecular complexity index is 432. The SMILES string of the molecule is Cc1cc(C)c(C(O)CN2CC(C)CC2C)c(C)c1. The average Bonchev–Trinajstić information content (AvgIpc) is 2.55. The zero-order chi connectivity index (χ0) is 14.2. The summed E-state index contributed by atoms with van der Waals surface area (Å²) in [5, 5.41) is 10.6. The largest absolute Gasteiger partial charge is 0.387 e. The second-order valence-corrected chi connectivity index (χ2v) is 6.47. The number of aryl methyl sites for hydroxylation is 3. The van der Waals surface area contributed by atoms with Crippen molar-refractivity contribution in [3.63, 3.8) is 0 Å². The molecule has 1 fully saturated rings. The van der Waals surface area contributed by atoms with Crippen molar-refractivity contribution in [2.45, 2.75) is 53.2 Å². The van der Waals surface area contributed by atoms with Gasteiger partial charge in [0.25, 0.3) is 0 Å². The number of aliphatic hydroxyl groups excluding tert-OH is 1. The Labute approximate surface area is 117 Å². The molecule has 19 heavy (non-hydrogen) atoms. The van der Waals surface area contributed by atoms with E-state index in [4.69, 9.17) is 0 Å². The van der Waals surface area contributed by atoms with E-state index in [1.807, 2.05) is 0 Å². The standard InChI is InChI=1S/C17H27NO/c1-11-6-13(3)17(14(4)7-11)16(19)10-18-9-12(2)8-15(18)5/h6-7,12,15-16,19H,8-10H2,1-5H3. The first kappa shape index (κ1) is 14.5. The zero-order valence-corrected chi connectivity index (χ0v) is 12.9. The van der Waals surface area contributed by atoms with Crippen molar-refractivity contribution >= 4 is 0 Å². The van der Waals surface area contributed by atoms with Crippen LogP contribution in [-0.4, -0.2) is 29.1 Å². The van der Waals surface area contributed by atoms with Crippen LogP contribution in [0.4, 0.5) is 0 Å². The van der Waals surface area contributed by atoms with Crippen LogP contribution in [0.15, 0.2) is 12.1 Å². The molecule has 2 nitrogen and oxygen atoms in total. The van der Waals surface area contributed by atoms with E-state index in [-0.39, 0.29) is 6.10 Å². The maximum atomic E-state index is 10.6. The molecule has 0 aromatic heterocycles. The van der Waals surface area contributed by atoms with Gasteiger partial charge in [0.05, 0.1) is 6.10 Å². The van der Waals surface area contributed by atoms with Crippen LogP contribution in [0.2, 0.25) is 0 Å². The Kier molecular flexibility index (Phi) is 4.32. The van der Waals surface area contributed by atoms with Crippen molar-refractivity contribution < 1.29 is 5.11 Å². The van der Waals surface area contributed by atoms with Gasteiger partial charge in [-0.05, 0) is 56.7 Å². The third-order valence-electron chi connectivity index (χ3n) is 4.39. The lowest BCUT2D eigenvalue weighted by Crippen LogP contribution is -2.32. The predicted molar refractivity (Wildman–Crippen MR) is 80.4 cm³/mol. The van der Waals surface area contributed by atoms with Gasteiger partial charge >= 0.3 is 0 Å². The second-order valence-electron chi connectivity index (χ2n) is 6.47. The fraction of sp³-hybridized carbons (Fsp3) is 0.647. The van der Waals surface area contributed by atoms with E-state index in [2.05, 4.69) is 51.7 Å². The fourth-order valence-corrected chi connectivity index (χ4v) is 3.67. The van der Waals surface area contributed by atoms with Gasteiger partial charge in [0.2, 0.25) is 0 Å². The molecule has 106 valence electrons. The molecule has 0 spiro atoms. The molecule has 1 aliphatic heterocycles. The van der Waals surface area contributed by atoms with E-state index in [1.54, 1.807) is 0 Å². The van der Waals surface area contributed by atoms with Gasteiger partial charge in [0.15, 0.2) is 0 Å². The van der Waals surface area contributed by atoms with Crippen LogP contribution < -0.4 is 0 Å². The number of benzene rings is 1. The first-order valence-corrected chi connectivity index (χ1v) is 7.38. The molecule has 0 saturated carbocycles. The molecule has 2 heteroatoms. The molecule has 1 aromatic carbocycles. The molecule has 0 aliphatic carbocycles. The number of β-amino-alcohol motifs (C(OH)–C–C–N with tert-alkyl or cyclic N) is 1. The van der Waals surface area contributed by atoms with E-state index >= 15 is 0 Å². The molecule has 0 amide bonds. The van der Waals surface area contributed by atoms with Crippen molar-refractivity contribution in [2.24, 2.45) is 5.92 Å². The first-order valence-electron chi connectivity index (χ1n) is 7.38. The van der Waals surface area contributed by atoms with Crippen molar-refractivity contribution in [2.75, 3.05) is 13.1 Å². The van der Waals surface area contributed by atoms with E-state index in [0.717, 1.165) is 24.6 Å². The summed E-state index contributed by atoms with van der Waals surface area (Å²) in [4.78, 5) is 2.42. The molecule has 1 aliphatic rings. The van der Waals surface area contributed by atoms with Gasteiger partial charge < -0.3 is 5.11 Å². The fourth-order valence-electron chi connectivity index (χ4n) is 3.67. The van der Waals surface area contributed by atoms with Gasteiger partial charge in [-0.25, -0.2) is 0 Å². The Morgan fingerprint density at radius 2 is 1.79 bits per heavy atom. The van der Waals surface area contributed by atoms with E-state index in [0.29, 0.717) is 6.04 Å². The van der Waals surface area contributed by atoms with Crippen molar-refractivity contribution in [1.29, 1.82) is 0 Å². The maximum Gasteiger partial charge on any atom is 0.0922 e. The van der Waals surface area contributed by atoms with Crippen molar-refractivity contribution in [3.8, 4) is 0 Å². The summed E-state index contributed by atoms with van der Waals surface area (Å²) in [6.07, 6.45) is 0.881. The molecule has 3 unspecified atom stereocenters. The predicted octanol–water partition coefficient (Wildman–Crippen LogP) is 3.38. The van der Waals surface area contributed by atoms with Crippen LogP contribution in [0.25, 0.3) is 0 Å². The molecule has 0 bridgehead atoms. The summed E-state index contributed by atoms with van der Waals surface area (Å²) in [5.74, 6) is 0.752. The third kappa shape index (κ3) is 3.18. The Balaban J connectivity index is 2.14. The second kappa shape index (κ2) is 5.64. The molecular formula is C17H27NO. The number of hydrogen-bond acceptors (Lipinski definition) is 2. The number of hydrogen-bond donors (Lipinski definition) is 1. The van der Waals surface area contributed by atoms with Crippen LogP contribution in [-0.2, 0) is 0 Å². The van der Waals surface area contributed by atoms with Crippen LogP contribution in [0.5, 0.6) is 0 Å². The van der Waals surface area contributed by atoms with E-state index < -0.39 is 0 Å². The van der Waals surface area contributed by atoms with Gasteiger partial charge in [0, 0.05) is 19.1 Å². The maximum absolute atomic E-state index is 10.6. The van der Waals surface area contributed by atoms with E-state index in [9.17, 15) is 5.11 Å². The normalized spacial score (nSPS) is 25.8. The molecular weight excluding hydrogens is 234 g/mol. The molecule has 0 radical (unpaired) electrons. The highest BCUT2D eigenvalue weighted by Crippen LogP contribution is 2.28. The van der Waals surface area contributed by atoms with Crippen molar-refractivity contribution in [1.82, 2.24) is 4.90 Å².